The van der Waals surface area contributed by atoms with Crippen LogP contribution in [-0.4, -0.2) is 161 Å². The van der Waals surface area contributed by atoms with Crippen molar-refractivity contribution in [1.29, 1.82) is 0 Å². The summed E-state index contributed by atoms with van der Waals surface area (Å²) in [5.74, 6) is -7.70. The van der Waals surface area contributed by atoms with Crippen LogP contribution < -0.4 is 53.2 Å². The summed E-state index contributed by atoms with van der Waals surface area (Å²) < 4.78 is 0. The van der Waals surface area contributed by atoms with Crippen LogP contribution in [0.3, 0.4) is 0 Å². The number of aliphatic hydroxyl groups is 1. The number of ketones is 1. The molecule has 1 aliphatic heterocycles. The Hall–Kier alpha value is -6.23. The number of likely N-dealkylation sites (N-methyl/N-ethyl adjacent to an activating group) is 1. The van der Waals surface area contributed by atoms with Gasteiger partial charge in [-0.05, 0) is 135 Å². The molecule has 0 aromatic rings. The Morgan fingerprint density at radius 1 is 0.631 bits per heavy atom. The van der Waals surface area contributed by atoms with Crippen molar-refractivity contribution in [3.8, 4) is 0 Å². The van der Waals surface area contributed by atoms with Crippen molar-refractivity contribution in [2.75, 3.05) is 26.7 Å². The highest BCUT2D eigenvalue weighted by Gasteiger charge is 2.43. The lowest BCUT2D eigenvalue weighted by Gasteiger charge is -2.34. The van der Waals surface area contributed by atoms with Gasteiger partial charge >= 0.3 is 0 Å². The van der Waals surface area contributed by atoms with Crippen molar-refractivity contribution in [3.63, 3.8) is 0 Å². The molecule has 10 amide bonds. The lowest BCUT2D eigenvalue weighted by atomic mass is 9.94. The minimum Gasteiger partial charge on any atom is -0.390 e. The zero-order valence-electron chi connectivity index (χ0n) is 54.0. The van der Waals surface area contributed by atoms with Crippen LogP contribution in [0.25, 0.3) is 0 Å². The van der Waals surface area contributed by atoms with Crippen molar-refractivity contribution in [3.05, 3.63) is 24.3 Å². The number of aliphatic hydroxyl groups excluding tert-OH is 1. The van der Waals surface area contributed by atoms with E-state index in [1.54, 1.807) is 40.0 Å². The molecule has 0 spiro atoms. The van der Waals surface area contributed by atoms with E-state index in [0.717, 1.165) is 6.42 Å². The molecule has 1 rings (SSSR count). The van der Waals surface area contributed by atoms with Crippen LogP contribution in [-0.2, 0) is 52.7 Å². The zero-order valence-corrected chi connectivity index (χ0v) is 54.0. The fraction of sp³-hybridized carbons (Fsp3) is 0.754. The third-order valence-electron chi connectivity index (χ3n) is 14.6. The number of carbonyl (C=O) groups excluding carboxylic acids is 11. The van der Waals surface area contributed by atoms with Crippen molar-refractivity contribution in [1.82, 2.24) is 58.1 Å². The van der Waals surface area contributed by atoms with E-state index in [0.29, 0.717) is 32.4 Å². The highest BCUT2D eigenvalue weighted by atomic mass is 16.3. The molecular formula is C61H107N11O12. The number of allylic oxidation sites excluding steroid dienone is 3. The Morgan fingerprint density at radius 3 is 1.71 bits per heavy atom. The molecule has 10 atom stereocenters. The van der Waals surface area contributed by atoms with Gasteiger partial charge in [0.2, 0.25) is 59.1 Å². The van der Waals surface area contributed by atoms with Gasteiger partial charge in [0.15, 0.2) is 5.78 Å². The van der Waals surface area contributed by atoms with E-state index in [1.165, 1.54) is 58.6 Å². The molecule has 1 fully saturated rings. The lowest BCUT2D eigenvalue weighted by Crippen LogP contribution is -2.66. The molecule has 0 saturated carbocycles. The van der Waals surface area contributed by atoms with Gasteiger partial charge in [0.25, 0.3) is 0 Å². The number of amides is 10. The largest absolute Gasteiger partial charge is 0.390 e. The molecule has 0 bridgehead atoms. The fourth-order valence-corrected chi connectivity index (χ4v) is 9.13. The van der Waals surface area contributed by atoms with Gasteiger partial charge in [-0.1, -0.05) is 94.7 Å². The van der Waals surface area contributed by atoms with Gasteiger partial charge in [-0.2, -0.15) is 0 Å². The molecule has 84 heavy (non-hydrogen) atoms. The van der Waals surface area contributed by atoms with E-state index in [9.17, 15) is 57.8 Å². The Morgan fingerprint density at radius 2 is 1.17 bits per heavy atom. The Balaban J connectivity index is 3.43. The summed E-state index contributed by atoms with van der Waals surface area (Å²) in [4.78, 5) is 152. The van der Waals surface area contributed by atoms with E-state index >= 15 is 0 Å². The summed E-state index contributed by atoms with van der Waals surface area (Å²) in [6.45, 7) is 31.3. The molecule has 0 aromatic carbocycles. The van der Waals surface area contributed by atoms with Crippen molar-refractivity contribution < 1.29 is 57.8 Å². The predicted molar refractivity (Wildman–Crippen MR) is 324 cm³/mol. The number of nitrogens with zero attached hydrogens (tertiary/aromatic N) is 1. The molecule has 23 nitrogen and oxygen atoms in total. The molecule has 1 aliphatic rings. The summed E-state index contributed by atoms with van der Waals surface area (Å²) in [6, 6.07) is -6.43. The van der Waals surface area contributed by atoms with Crippen molar-refractivity contribution >= 4 is 64.9 Å². The summed E-state index contributed by atoms with van der Waals surface area (Å²) in [7, 11) is 1.76. The van der Waals surface area contributed by atoms with Crippen LogP contribution in [0.15, 0.2) is 24.3 Å². The molecule has 1 heterocycles. The van der Waals surface area contributed by atoms with Gasteiger partial charge in [0.1, 0.15) is 46.8 Å². The minimum absolute atomic E-state index is 0.00888. The third-order valence-corrected chi connectivity index (χ3v) is 14.6. The molecule has 1 saturated heterocycles. The SMILES string of the molecule is CCC(=O)/C=C/C[C@@H](C)C[C@H](NC(=O)[C@@H]1C[C@H](C)CN1C(=O)/C=C/[C@@H](C)CC)C(=O)N[C@H](C(=O)NC(C)(C)C(=O)N[C@@H](CC(C)C)C(=O)N[C@@H](CC(C)C)C(=O)NC(C)(C)C(=O)NC(C)(C)C(=O)NCCC(=O)N[C@@H](C)CNC)[C@H](O)C(C)C. The van der Waals surface area contributed by atoms with E-state index in [4.69, 9.17) is 0 Å². The molecule has 478 valence electrons. The van der Waals surface area contributed by atoms with Crippen LogP contribution in [0.5, 0.6) is 0 Å². The highest BCUT2D eigenvalue weighted by Crippen LogP contribution is 2.25. The van der Waals surface area contributed by atoms with E-state index in [2.05, 4.69) is 53.2 Å². The predicted octanol–water partition coefficient (Wildman–Crippen LogP) is 2.74. The Kier molecular flexibility index (Phi) is 31.8. The van der Waals surface area contributed by atoms with Crippen LogP contribution in [0, 0.1) is 35.5 Å². The Bertz CT molecular complexity index is 2310. The molecule has 0 aromatic heterocycles. The van der Waals surface area contributed by atoms with Crippen LogP contribution in [0.2, 0.25) is 0 Å². The monoisotopic (exact) mass is 1190 g/mol. The quantitative estimate of drug-likeness (QED) is 0.0403. The summed E-state index contributed by atoms with van der Waals surface area (Å²) in [5, 5.41) is 39.0. The van der Waals surface area contributed by atoms with E-state index < -0.39 is 106 Å². The van der Waals surface area contributed by atoms with Crippen LogP contribution >= 0.6 is 0 Å². The number of hydrogen-bond acceptors (Lipinski definition) is 13. The first-order valence-electron chi connectivity index (χ1n) is 30.1. The number of likely N-dealkylation sites (tertiary alicyclic amines) is 1. The second-order valence-electron chi connectivity index (χ2n) is 25.9. The fourth-order valence-electron chi connectivity index (χ4n) is 9.13. The van der Waals surface area contributed by atoms with Gasteiger partial charge in [0.05, 0.1) is 6.10 Å². The van der Waals surface area contributed by atoms with Crippen LogP contribution in [0.1, 0.15) is 176 Å². The topological polar surface area (TPSA) is 332 Å². The first-order valence-corrected chi connectivity index (χ1v) is 30.1. The second kappa shape index (κ2) is 35.3. The average Bonchev–Trinajstić information content (AvgIpc) is 4.01. The molecule has 0 unspecified atom stereocenters. The summed E-state index contributed by atoms with van der Waals surface area (Å²) in [6.07, 6.45) is 6.98. The summed E-state index contributed by atoms with van der Waals surface area (Å²) >= 11 is 0. The van der Waals surface area contributed by atoms with Crippen molar-refractivity contribution in [2.45, 2.75) is 235 Å². The minimum atomic E-state index is -1.80. The standard InChI is InChI=1S/C61H107N11O12/c1-20-38(9)25-26-48(75)72-34-40(11)32-46(72)54(80)66-45(31-39(10)23-22-24-42(73)21-2)52(78)68-49(50(76)37(7)8)55(81)70-60(15,16)57(83)67-43(29-35(3)4)51(77)65-44(30-36(5)6)53(79)69-61(17,18)58(84)71-59(13,14)56(82)63-28-27-47(74)64-41(12)33-62-19/h22,24-26,35-41,43-46,49-50,62,76H,20-21,23,27-34H2,1-19H3,(H,63,82)(H,64,74)(H,65,77)(H,66,80)(H,67,83)(H,68,78)(H,69,79)(H,70,81)(H,71,84)/b24-22+,26-25+/t38-,39+,40-,41-,43-,44-,45-,46-,49-,50+/m0/s1. The van der Waals surface area contributed by atoms with Gasteiger partial charge < -0.3 is 63.2 Å². The van der Waals surface area contributed by atoms with Gasteiger partial charge in [-0.15, -0.1) is 0 Å². The first kappa shape index (κ1) is 75.8. The average molecular weight is 1190 g/mol. The number of hydrogen-bond donors (Lipinski definition) is 11. The summed E-state index contributed by atoms with van der Waals surface area (Å²) in [5.41, 5.74) is -4.89. The normalized spacial score (nSPS) is 17.8. The van der Waals surface area contributed by atoms with Gasteiger partial charge in [-0.25, -0.2) is 0 Å². The van der Waals surface area contributed by atoms with Crippen LogP contribution in [0.4, 0.5) is 0 Å². The number of nitrogens with one attached hydrogen (secondary N) is 10. The van der Waals surface area contributed by atoms with E-state index in [1.807, 2.05) is 62.3 Å². The smallest absolute Gasteiger partial charge is 0.246 e. The maximum Gasteiger partial charge on any atom is 0.246 e. The van der Waals surface area contributed by atoms with Crippen molar-refractivity contribution in [2.24, 2.45) is 35.5 Å². The Labute approximate surface area is 500 Å². The zero-order chi connectivity index (χ0) is 64.6. The second-order valence-corrected chi connectivity index (χ2v) is 25.9. The van der Waals surface area contributed by atoms with E-state index in [-0.39, 0.29) is 85.5 Å². The molecular weight excluding hydrogens is 1080 g/mol. The number of carbonyl (C=O) groups is 11. The molecule has 0 aliphatic carbocycles. The van der Waals surface area contributed by atoms with Gasteiger partial charge in [-0.3, -0.25) is 52.7 Å². The maximum absolute atomic E-state index is 14.5. The molecule has 0 radical (unpaired) electrons. The number of rotatable bonds is 36. The lowest BCUT2D eigenvalue weighted by molar-refractivity contribution is -0.140. The maximum atomic E-state index is 14.5. The molecule has 11 N–H and O–H groups in total. The molecule has 23 heteroatoms. The third kappa shape index (κ3) is 26.4. The van der Waals surface area contributed by atoms with Gasteiger partial charge in [0, 0.05) is 38.5 Å². The highest BCUT2D eigenvalue weighted by molar-refractivity contribution is 6.00. The first-order chi connectivity index (χ1) is 38.8.